The Labute approximate surface area is 107 Å². The second-order valence-electron chi connectivity index (χ2n) is 4.66. The molecule has 0 radical (unpaired) electrons. The summed E-state index contributed by atoms with van der Waals surface area (Å²) in [6, 6.07) is 8.74. The van der Waals surface area contributed by atoms with E-state index < -0.39 is 11.6 Å². The van der Waals surface area contributed by atoms with Gasteiger partial charge in [0.2, 0.25) is 5.91 Å². The van der Waals surface area contributed by atoms with Crippen LogP contribution < -0.4 is 11.1 Å². The number of benzene rings is 1. The lowest BCUT2D eigenvalue weighted by molar-refractivity contribution is -0.125. The zero-order chi connectivity index (χ0) is 13.6. The second-order valence-corrected chi connectivity index (χ2v) is 4.66. The van der Waals surface area contributed by atoms with Gasteiger partial charge in [-0.3, -0.25) is 4.79 Å². The van der Waals surface area contributed by atoms with E-state index in [0.29, 0.717) is 6.42 Å². The standard InChI is InChI=1S/C13H20N2O3/c1-13(8-16,9-17)15-12(18)11(14)7-10-5-3-2-4-6-10/h2-6,11,16-17H,7-9,14H2,1H3,(H,15,18). The third kappa shape index (κ3) is 4.10. The number of hydrogen-bond donors (Lipinski definition) is 4. The van der Waals surface area contributed by atoms with Crippen LogP contribution in [0.5, 0.6) is 0 Å². The first-order valence-corrected chi connectivity index (χ1v) is 5.84. The molecule has 5 nitrogen and oxygen atoms in total. The largest absolute Gasteiger partial charge is 0.394 e. The molecule has 18 heavy (non-hydrogen) atoms. The summed E-state index contributed by atoms with van der Waals surface area (Å²) in [5.74, 6) is -0.385. The van der Waals surface area contributed by atoms with E-state index in [1.165, 1.54) is 0 Å². The Balaban J connectivity index is 2.57. The summed E-state index contributed by atoms with van der Waals surface area (Å²) in [5.41, 5.74) is 5.72. The molecule has 1 unspecified atom stereocenters. The Bertz CT molecular complexity index is 377. The van der Waals surface area contributed by atoms with Crippen LogP contribution in [0, 0.1) is 0 Å². The van der Waals surface area contributed by atoms with Crippen LogP contribution in [0.4, 0.5) is 0 Å². The van der Waals surface area contributed by atoms with E-state index >= 15 is 0 Å². The molecule has 0 aliphatic carbocycles. The van der Waals surface area contributed by atoms with Crippen molar-refractivity contribution in [3.05, 3.63) is 35.9 Å². The molecular weight excluding hydrogens is 232 g/mol. The predicted octanol–water partition coefficient (Wildman–Crippen LogP) is -0.584. The van der Waals surface area contributed by atoms with Gasteiger partial charge in [-0.2, -0.15) is 0 Å². The molecule has 1 aromatic carbocycles. The number of carbonyl (C=O) groups is 1. The van der Waals surface area contributed by atoms with Crippen LogP contribution in [-0.2, 0) is 11.2 Å². The quantitative estimate of drug-likeness (QED) is 0.544. The molecule has 5 heteroatoms. The minimum atomic E-state index is -1.04. The molecule has 0 aromatic heterocycles. The second kappa shape index (κ2) is 6.49. The number of nitrogens with two attached hydrogens (primary N) is 1. The maximum absolute atomic E-state index is 11.8. The molecule has 1 atom stereocenters. The Morgan fingerprint density at radius 2 is 1.89 bits per heavy atom. The minimum Gasteiger partial charge on any atom is -0.394 e. The van der Waals surface area contributed by atoms with Crippen molar-refractivity contribution in [2.24, 2.45) is 5.73 Å². The zero-order valence-electron chi connectivity index (χ0n) is 10.5. The number of amides is 1. The molecule has 0 saturated carbocycles. The van der Waals surface area contributed by atoms with Crippen molar-refractivity contribution >= 4 is 5.91 Å². The molecule has 0 bridgehead atoms. The van der Waals surface area contributed by atoms with Gasteiger partial charge in [0.05, 0.1) is 24.8 Å². The summed E-state index contributed by atoms with van der Waals surface area (Å²) < 4.78 is 0. The smallest absolute Gasteiger partial charge is 0.237 e. The van der Waals surface area contributed by atoms with Crippen molar-refractivity contribution in [3.8, 4) is 0 Å². The molecule has 5 N–H and O–H groups in total. The molecule has 0 fully saturated rings. The first kappa shape index (κ1) is 14.6. The van der Waals surface area contributed by atoms with E-state index in [4.69, 9.17) is 15.9 Å². The Morgan fingerprint density at radius 3 is 2.39 bits per heavy atom. The van der Waals surface area contributed by atoms with Crippen LogP contribution in [0.1, 0.15) is 12.5 Å². The molecule has 0 aliphatic rings. The van der Waals surface area contributed by atoms with Crippen LogP contribution >= 0.6 is 0 Å². The van der Waals surface area contributed by atoms with Crippen molar-refractivity contribution in [3.63, 3.8) is 0 Å². The number of aliphatic hydroxyl groups is 2. The van der Waals surface area contributed by atoms with Crippen molar-refractivity contribution in [1.82, 2.24) is 5.32 Å². The molecule has 0 saturated heterocycles. The van der Waals surface area contributed by atoms with Crippen molar-refractivity contribution < 1.29 is 15.0 Å². The third-order valence-electron chi connectivity index (χ3n) is 2.76. The first-order chi connectivity index (χ1) is 8.50. The van der Waals surface area contributed by atoms with Gasteiger partial charge in [0, 0.05) is 0 Å². The zero-order valence-corrected chi connectivity index (χ0v) is 10.5. The predicted molar refractivity (Wildman–Crippen MR) is 68.8 cm³/mol. The van der Waals surface area contributed by atoms with Crippen LogP contribution in [0.15, 0.2) is 30.3 Å². The summed E-state index contributed by atoms with van der Waals surface area (Å²) in [4.78, 5) is 11.8. The number of hydrogen-bond acceptors (Lipinski definition) is 4. The van der Waals surface area contributed by atoms with E-state index in [-0.39, 0.29) is 19.1 Å². The van der Waals surface area contributed by atoms with Gasteiger partial charge in [-0.15, -0.1) is 0 Å². The fraction of sp³-hybridized carbons (Fsp3) is 0.462. The first-order valence-electron chi connectivity index (χ1n) is 5.84. The highest BCUT2D eigenvalue weighted by Gasteiger charge is 2.27. The molecule has 0 aliphatic heterocycles. The summed E-state index contributed by atoms with van der Waals surface area (Å²) in [5, 5.41) is 20.7. The van der Waals surface area contributed by atoms with Gasteiger partial charge in [-0.05, 0) is 18.9 Å². The topological polar surface area (TPSA) is 95.6 Å². The van der Waals surface area contributed by atoms with Crippen molar-refractivity contribution in [2.45, 2.75) is 24.9 Å². The van der Waals surface area contributed by atoms with Gasteiger partial charge in [0.1, 0.15) is 0 Å². The van der Waals surface area contributed by atoms with Crippen molar-refractivity contribution in [1.29, 1.82) is 0 Å². The van der Waals surface area contributed by atoms with E-state index in [2.05, 4.69) is 5.32 Å². The summed E-state index contributed by atoms with van der Waals surface area (Å²) >= 11 is 0. The highest BCUT2D eigenvalue weighted by atomic mass is 16.3. The lowest BCUT2D eigenvalue weighted by atomic mass is 10.0. The number of nitrogens with one attached hydrogen (secondary N) is 1. The number of rotatable bonds is 6. The number of aliphatic hydroxyl groups excluding tert-OH is 2. The summed E-state index contributed by atoms with van der Waals surface area (Å²) in [7, 11) is 0. The fourth-order valence-electron chi connectivity index (χ4n) is 1.48. The Morgan fingerprint density at radius 1 is 1.33 bits per heavy atom. The molecule has 1 rings (SSSR count). The van der Waals surface area contributed by atoms with E-state index in [9.17, 15) is 4.79 Å². The van der Waals surface area contributed by atoms with Crippen LogP contribution in [0.2, 0.25) is 0 Å². The lowest BCUT2D eigenvalue weighted by Crippen LogP contribution is -2.56. The molecule has 1 aromatic rings. The number of carbonyl (C=O) groups excluding carboxylic acids is 1. The van der Waals surface area contributed by atoms with Gasteiger partial charge in [0.25, 0.3) is 0 Å². The fourth-order valence-corrected chi connectivity index (χ4v) is 1.48. The normalized spacial score (nSPS) is 13.1. The van der Waals surface area contributed by atoms with Gasteiger partial charge in [-0.1, -0.05) is 30.3 Å². The molecule has 0 spiro atoms. The van der Waals surface area contributed by atoms with E-state index in [1.807, 2.05) is 30.3 Å². The van der Waals surface area contributed by atoms with E-state index in [1.54, 1.807) is 6.92 Å². The van der Waals surface area contributed by atoms with Crippen molar-refractivity contribution in [2.75, 3.05) is 13.2 Å². The SMILES string of the molecule is CC(CO)(CO)NC(=O)C(N)Cc1ccccc1. The van der Waals surface area contributed by atoms with Gasteiger partial charge < -0.3 is 21.3 Å². The van der Waals surface area contributed by atoms with E-state index in [0.717, 1.165) is 5.56 Å². The highest BCUT2D eigenvalue weighted by Crippen LogP contribution is 2.05. The molecule has 100 valence electrons. The summed E-state index contributed by atoms with van der Waals surface area (Å²) in [6.45, 7) is 0.876. The minimum absolute atomic E-state index is 0.340. The van der Waals surface area contributed by atoms with Crippen LogP contribution in [-0.4, -0.2) is 40.9 Å². The Kier molecular flexibility index (Phi) is 5.27. The van der Waals surface area contributed by atoms with Gasteiger partial charge in [0.15, 0.2) is 0 Å². The van der Waals surface area contributed by atoms with Gasteiger partial charge in [-0.25, -0.2) is 0 Å². The molecule has 0 heterocycles. The average molecular weight is 252 g/mol. The highest BCUT2D eigenvalue weighted by molar-refractivity contribution is 5.82. The molecule has 1 amide bonds. The maximum Gasteiger partial charge on any atom is 0.237 e. The lowest BCUT2D eigenvalue weighted by Gasteiger charge is -2.27. The Hall–Kier alpha value is -1.43. The third-order valence-corrected chi connectivity index (χ3v) is 2.76. The van der Waals surface area contributed by atoms with Gasteiger partial charge >= 0.3 is 0 Å². The maximum atomic E-state index is 11.8. The summed E-state index contributed by atoms with van der Waals surface area (Å²) in [6.07, 6.45) is 0.416. The monoisotopic (exact) mass is 252 g/mol. The van der Waals surface area contributed by atoms with Crippen LogP contribution in [0.25, 0.3) is 0 Å². The average Bonchev–Trinajstić information content (AvgIpc) is 2.39. The van der Waals surface area contributed by atoms with Crippen LogP contribution in [0.3, 0.4) is 0 Å². The molecular formula is C13H20N2O3.